The Hall–Kier alpha value is -0.390. The first kappa shape index (κ1) is 16.0. The molecule has 0 aromatic heterocycles. The second kappa shape index (κ2) is 6.58. The maximum atomic E-state index is 11.8. The molecule has 1 aliphatic carbocycles. The Labute approximate surface area is 130 Å². The predicted molar refractivity (Wildman–Crippen MR) is 86.6 cm³/mol. The number of halogens is 1. The summed E-state index contributed by atoms with van der Waals surface area (Å²) in [6.45, 7) is 2.13. The van der Waals surface area contributed by atoms with Gasteiger partial charge in [-0.2, -0.15) is 0 Å². The van der Waals surface area contributed by atoms with E-state index in [9.17, 15) is 8.42 Å². The first-order valence-corrected chi connectivity index (χ1v) is 9.87. The summed E-state index contributed by atoms with van der Waals surface area (Å²) in [6.07, 6.45) is 5.04. The number of hydrogen-bond donors (Lipinski definition) is 1. The van der Waals surface area contributed by atoms with Crippen molar-refractivity contribution in [3.05, 3.63) is 34.3 Å². The van der Waals surface area contributed by atoms with Crippen LogP contribution in [0.3, 0.4) is 0 Å². The van der Waals surface area contributed by atoms with E-state index in [4.69, 9.17) is 0 Å². The van der Waals surface area contributed by atoms with Gasteiger partial charge >= 0.3 is 0 Å². The molecule has 1 saturated carbocycles. The van der Waals surface area contributed by atoms with Crippen LogP contribution in [0.1, 0.15) is 44.2 Å². The topological polar surface area (TPSA) is 46.2 Å². The lowest BCUT2D eigenvalue weighted by Crippen LogP contribution is -2.41. The Bertz CT molecular complexity index is 541. The van der Waals surface area contributed by atoms with Crippen molar-refractivity contribution in [2.75, 3.05) is 6.26 Å². The van der Waals surface area contributed by atoms with Gasteiger partial charge in [0.25, 0.3) is 0 Å². The van der Waals surface area contributed by atoms with E-state index in [0.29, 0.717) is 0 Å². The molecule has 5 heteroatoms. The summed E-state index contributed by atoms with van der Waals surface area (Å²) >= 11 is 3.44. The monoisotopic (exact) mass is 359 g/mol. The first-order valence-electron chi connectivity index (χ1n) is 7.12. The van der Waals surface area contributed by atoms with Crippen molar-refractivity contribution >= 4 is 25.8 Å². The van der Waals surface area contributed by atoms with Crippen molar-refractivity contribution in [1.82, 2.24) is 5.32 Å². The maximum Gasteiger partial charge on any atom is 0.151 e. The van der Waals surface area contributed by atoms with Gasteiger partial charge in [0.05, 0.1) is 5.25 Å². The van der Waals surface area contributed by atoms with Crippen LogP contribution < -0.4 is 5.32 Å². The third-order valence-electron chi connectivity index (χ3n) is 4.10. The average molecular weight is 360 g/mol. The second-order valence-corrected chi connectivity index (χ2v) is 8.76. The molecule has 0 heterocycles. The van der Waals surface area contributed by atoms with E-state index in [1.165, 1.54) is 11.8 Å². The van der Waals surface area contributed by atoms with Gasteiger partial charge < -0.3 is 5.32 Å². The average Bonchev–Trinajstić information content (AvgIpc) is 2.85. The lowest BCUT2D eigenvalue weighted by molar-refractivity contribution is 0.427. The van der Waals surface area contributed by atoms with Gasteiger partial charge in [0.15, 0.2) is 9.84 Å². The zero-order chi connectivity index (χ0) is 14.8. The minimum absolute atomic E-state index is 0.0820. The molecule has 112 valence electrons. The number of sulfone groups is 1. The minimum Gasteiger partial charge on any atom is -0.306 e. The van der Waals surface area contributed by atoms with Crippen molar-refractivity contribution in [2.24, 2.45) is 0 Å². The van der Waals surface area contributed by atoms with E-state index in [1.54, 1.807) is 0 Å². The van der Waals surface area contributed by atoms with Gasteiger partial charge in [-0.05, 0) is 37.0 Å². The molecule has 1 aromatic rings. The smallest absolute Gasteiger partial charge is 0.151 e. The molecular formula is C15H22BrNO2S. The fourth-order valence-electron chi connectivity index (χ4n) is 3.03. The van der Waals surface area contributed by atoms with Crippen molar-refractivity contribution in [3.8, 4) is 0 Å². The van der Waals surface area contributed by atoms with Gasteiger partial charge in [-0.3, -0.25) is 0 Å². The third kappa shape index (κ3) is 3.83. The quantitative estimate of drug-likeness (QED) is 0.875. The summed E-state index contributed by atoms with van der Waals surface area (Å²) in [5.74, 6) is 0. The predicted octanol–water partition coefficient (Wildman–Crippen LogP) is 3.46. The summed E-state index contributed by atoms with van der Waals surface area (Å²) in [4.78, 5) is 0. The van der Waals surface area contributed by atoms with Gasteiger partial charge in [0.1, 0.15) is 0 Å². The van der Waals surface area contributed by atoms with Crippen LogP contribution in [0.15, 0.2) is 28.7 Å². The lowest BCUT2D eigenvalue weighted by Gasteiger charge is -2.26. The summed E-state index contributed by atoms with van der Waals surface area (Å²) in [6, 6.07) is 8.55. The lowest BCUT2D eigenvalue weighted by atomic mass is 10.0. The molecule has 1 N–H and O–H groups in total. The standard InChI is InChI=1S/C15H22BrNO2S/c1-3-13(11-7-9-12(16)10-8-11)17-14-5-4-6-15(14)20(2,18)19/h7-10,13-15,17H,3-6H2,1-2H3. The Kier molecular flexibility index (Phi) is 5.26. The van der Waals surface area contributed by atoms with Crippen LogP contribution >= 0.6 is 15.9 Å². The second-order valence-electron chi connectivity index (χ2n) is 5.58. The summed E-state index contributed by atoms with van der Waals surface area (Å²) < 4.78 is 24.8. The van der Waals surface area contributed by atoms with Crippen LogP contribution in [-0.4, -0.2) is 26.0 Å². The molecule has 20 heavy (non-hydrogen) atoms. The molecular weight excluding hydrogens is 338 g/mol. The molecule has 2 rings (SSSR count). The van der Waals surface area contributed by atoms with Crippen molar-refractivity contribution in [2.45, 2.75) is 49.9 Å². The van der Waals surface area contributed by atoms with Gasteiger partial charge in [-0.25, -0.2) is 8.42 Å². The normalized spacial score (nSPS) is 24.8. The first-order chi connectivity index (χ1) is 9.41. The van der Waals surface area contributed by atoms with Crippen LogP contribution in [0.5, 0.6) is 0 Å². The van der Waals surface area contributed by atoms with Gasteiger partial charge in [-0.15, -0.1) is 0 Å². The maximum absolute atomic E-state index is 11.8. The number of nitrogens with one attached hydrogen (secondary N) is 1. The van der Waals surface area contributed by atoms with E-state index in [-0.39, 0.29) is 17.3 Å². The molecule has 0 amide bonds. The molecule has 3 nitrogen and oxygen atoms in total. The van der Waals surface area contributed by atoms with Gasteiger partial charge in [0, 0.05) is 22.8 Å². The van der Waals surface area contributed by atoms with Crippen molar-refractivity contribution < 1.29 is 8.42 Å². The van der Waals surface area contributed by atoms with Crippen LogP contribution in [0, 0.1) is 0 Å². The SMILES string of the molecule is CCC(NC1CCCC1S(C)(=O)=O)c1ccc(Br)cc1. The van der Waals surface area contributed by atoms with Crippen LogP contribution in [0.4, 0.5) is 0 Å². The van der Waals surface area contributed by atoms with Gasteiger partial charge in [-0.1, -0.05) is 41.4 Å². The van der Waals surface area contributed by atoms with E-state index in [1.807, 2.05) is 12.1 Å². The highest BCUT2D eigenvalue weighted by molar-refractivity contribution is 9.10. The largest absolute Gasteiger partial charge is 0.306 e. The molecule has 0 radical (unpaired) electrons. The molecule has 3 unspecified atom stereocenters. The molecule has 0 saturated heterocycles. The summed E-state index contributed by atoms with van der Waals surface area (Å²) in [7, 11) is -2.96. The van der Waals surface area contributed by atoms with Crippen LogP contribution in [0.25, 0.3) is 0 Å². The van der Waals surface area contributed by atoms with E-state index < -0.39 is 9.84 Å². The molecule has 1 aliphatic rings. The van der Waals surface area contributed by atoms with Crippen LogP contribution in [0.2, 0.25) is 0 Å². The van der Waals surface area contributed by atoms with Crippen molar-refractivity contribution in [1.29, 1.82) is 0 Å². The van der Waals surface area contributed by atoms with Crippen molar-refractivity contribution in [3.63, 3.8) is 0 Å². The fourth-order valence-corrected chi connectivity index (χ4v) is 4.70. The molecule has 0 bridgehead atoms. The van der Waals surface area contributed by atoms with Crippen LogP contribution in [-0.2, 0) is 9.84 Å². The zero-order valence-corrected chi connectivity index (χ0v) is 14.4. The van der Waals surface area contributed by atoms with E-state index >= 15 is 0 Å². The molecule has 3 atom stereocenters. The van der Waals surface area contributed by atoms with E-state index in [2.05, 4.69) is 40.3 Å². The molecule has 0 aliphatic heterocycles. The third-order valence-corrected chi connectivity index (χ3v) is 6.29. The highest BCUT2D eigenvalue weighted by Gasteiger charge is 2.35. The van der Waals surface area contributed by atoms with E-state index in [0.717, 1.165) is 30.2 Å². The highest BCUT2D eigenvalue weighted by atomic mass is 79.9. The minimum atomic E-state index is -2.96. The Morgan fingerprint density at radius 2 is 1.95 bits per heavy atom. The number of benzene rings is 1. The molecule has 1 fully saturated rings. The molecule has 1 aromatic carbocycles. The molecule has 0 spiro atoms. The Morgan fingerprint density at radius 1 is 1.30 bits per heavy atom. The van der Waals surface area contributed by atoms with Gasteiger partial charge in [0.2, 0.25) is 0 Å². The summed E-state index contributed by atoms with van der Waals surface area (Å²) in [5.41, 5.74) is 1.22. The number of rotatable bonds is 5. The zero-order valence-electron chi connectivity index (χ0n) is 12.0. The Balaban J connectivity index is 2.12. The fraction of sp³-hybridized carbons (Fsp3) is 0.600. The Morgan fingerprint density at radius 3 is 2.50 bits per heavy atom. The summed E-state index contributed by atoms with van der Waals surface area (Å²) in [5, 5.41) is 3.33. The number of hydrogen-bond acceptors (Lipinski definition) is 3. The highest BCUT2D eigenvalue weighted by Crippen LogP contribution is 2.28.